The Labute approximate surface area is 217 Å². The Morgan fingerprint density at radius 2 is 1.91 bits per heavy atom. The summed E-state index contributed by atoms with van der Waals surface area (Å²) in [5.74, 6) is 0.704. The summed E-state index contributed by atoms with van der Waals surface area (Å²) >= 11 is 8.33. The van der Waals surface area contributed by atoms with E-state index in [-0.39, 0.29) is 28.4 Å². The van der Waals surface area contributed by atoms with E-state index in [4.69, 9.17) is 21.1 Å². The molecule has 3 aromatic rings. The average molecular weight is 549 g/mol. The number of nitrogens with zero attached hydrogens (tertiary/aromatic N) is 2. The molecular weight excluding hydrogens is 528 g/mol. The summed E-state index contributed by atoms with van der Waals surface area (Å²) in [5.41, 5.74) is 1.52. The van der Waals surface area contributed by atoms with Gasteiger partial charge in [0.1, 0.15) is 10.8 Å². The van der Waals surface area contributed by atoms with Crippen LogP contribution in [0.5, 0.6) is 11.5 Å². The summed E-state index contributed by atoms with van der Waals surface area (Å²) in [5, 5.41) is 2.39. The molecule has 1 aliphatic heterocycles. The van der Waals surface area contributed by atoms with Gasteiger partial charge in [-0.25, -0.2) is 0 Å². The van der Waals surface area contributed by atoms with E-state index in [0.717, 1.165) is 28.7 Å². The van der Waals surface area contributed by atoms with Crippen molar-refractivity contribution >= 4 is 61.9 Å². The second kappa shape index (κ2) is 10.9. The highest BCUT2D eigenvalue weighted by molar-refractivity contribution is 8.19. The van der Waals surface area contributed by atoms with Crippen molar-refractivity contribution in [3.63, 3.8) is 0 Å². The van der Waals surface area contributed by atoms with Crippen molar-refractivity contribution in [2.24, 2.45) is 4.40 Å². The SMILES string of the molecule is CCN1C(=O)/C(=C/c2ccc(OC)c(OCc3ccccc3Cl)c2)S/C1=N/S(=O)(=O)c1cccs1. The van der Waals surface area contributed by atoms with E-state index in [2.05, 4.69) is 4.40 Å². The molecule has 7 nitrogen and oxygen atoms in total. The molecule has 0 N–H and O–H groups in total. The van der Waals surface area contributed by atoms with E-state index < -0.39 is 10.0 Å². The van der Waals surface area contributed by atoms with E-state index in [9.17, 15) is 13.2 Å². The zero-order valence-electron chi connectivity index (χ0n) is 18.8. The van der Waals surface area contributed by atoms with Gasteiger partial charge < -0.3 is 9.47 Å². The van der Waals surface area contributed by atoms with Gasteiger partial charge in [0.2, 0.25) is 0 Å². The fraction of sp³-hybridized carbons (Fsp3) is 0.167. The van der Waals surface area contributed by atoms with Crippen molar-refractivity contribution in [1.82, 2.24) is 4.90 Å². The van der Waals surface area contributed by atoms with Crippen LogP contribution < -0.4 is 9.47 Å². The van der Waals surface area contributed by atoms with Gasteiger partial charge in [-0.3, -0.25) is 9.69 Å². The van der Waals surface area contributed by atoms with Crippen molar-refractivity contribution in [3.8, 4) is 11.5 Å². The predicted octanol–water partition coefficient (Wildman–Crippen LogP) is 5.67. The molecule has 11 heteroatoms. The Morgan fingerprint density at radius 3 is 2.60 bits per heavy atom. The van der Waals surface area contributed by atoms with E-state index in [1.807, 2.05) is 18.2 Å². The van der Waals surface area contributed by atoms with Gasteiger partial charge in [-0.15, -0.1) is 15.7 Å². The molecule has 1 amide bonds. The van der Waals surface area contributed by atoms with Crippen molar-refractivity contribution in [1.29, 1.82) is 0 Å². The highest BCUT2D eigenvalue weighted by Gasteiger charge is 2.34. The van der Waals surface area contributed by atoms with Gasteiger partial charge in [0.25, 0.3) is 15.9 Å². The van der Waals surface area contributed by atoms with Crippen molar-refractivity contribution in [3.05, 3.63) is 81.0 Å². The summed E-state index contributed by atoms with van der Waals surface area (Å²) in [7, 11) is -2.36. The molecule has 0 unspecified atom stereocenters. The number of benzene rings is 2. The summed E-state index contributed by atoms with van der Waals surface area (Å²) in [6.07, 6.45) is 1.68. The summed E-state index contributed by atoms with van der Waals surface area (Å²) in [4.78, 5) is 14.7. The third kappa shape index (κ3) is 5.72. The quantitative estimate of drug-likeness (QED) is 0.337. The zero-order valence-corrected chi connectivity index (χ0v) is 22.0. The number of sulfonamides is 1. The smallest absolute Gasteiger partial charge is 0.294 e. The molecule has 2 aromatic carbocycles. The molecule has 1 saturated heterocycles. The van der Waals surface area contributed by atoms with Crippen LogP contribution >= 0.6 is 34.7 Å². The fourth-order valence-corrected chi connectivity index (χ4v) is 6.63. The lowest BCUT2D eigenvalue weighted by molar-refractivity contribution is -0.122. The van der Waals surface area contributed by atoms with Crippen LogP contribution in [0.2, 0.25) is 5.02 Å². The minimum Gasteiger partial charge on any atom is -0.493 e. The van der Waals surface area contributed by atoms with E-state index in [1.165, 1.54) is 11.0 Å². The second-order valence-corrected chi connectivity index (χ2v) is 11.4. The number of halogens is 1. The Morgan fingerprint density at radius 1 is 1.11 bits per heavy atom. The largest absolute Gasteiger partial charge is 0.493 e. The number of methoxy groups -OCH3 is 1. The molecule has 182 valence electrons. The minimum absolute atomic E-state index is 0.126. The molecule has 0 spiro atoms. The van der Waals surface area contributed by atoms with Gasteiger partial charge in [0.15, 0.2) is 16.7 Å². The molecule has 2 heterocycles. The van der Waals surface area contributed by atoms with Gasteiger partial charge in [-0.2, -0.15) is 8.42 Å². The molecule has 0 atom stereocenters. The van der Waals surface area contributed by atoms with Crippen LogP contribution in [-0.2, 0) is 21.4 Å². The first-order valence-corrected chi connectivity index (χ1v) is 14.0. The number of amidine groups is 1. The number of carbonyl (C=O) groups is 1. The molecule has 1 fully saturated rings. The first-order chi connectivity index (χ1) is 16.8. The first-order valence-electron chi connectivity index (χ1n) is 10.5. The third-order valence-corrected chi connectivity index (χ3v) is 9.11. The van der Waals surface area contributed by atoms with Crippen LogP contribution in [-0.4, -0.2) is 38.0 Å². The molecule has 0 saturated carbocycles. The Bertz CT molecular complexity index is 1400. The van der Waals surface area contributed by atoms with Crippen molar-refractivity contribution in [2.45, 2.75) is 17.7 Å². The number of likely N-dealkylation sites (N-methyl/N-ethyl adjacent to an activating group) is 1. The van der Waals surface area contributed by atoms with Crippen LogP contribution in [0.25, 0.3) is 6.08 Å². The topological polar surface area (TPSA) is 85.3 Å². The lowest BCUT2D eigenvalue weighted by Crippen LogP contribution is -2.29. The van der Waals surface area contributed by atoms with E-state index >= 15 is 0 Å². The molecular formula is C24H21ClN2O5S3. The van der Waals surface area contributed by atoms with Crippen LogP contribution in [0.15, 0.2) is 73.5 Å². The summed E-state index contributed by atoms with van der Waals surface area (Å²) < 4.78 is 40.7. The number of amides is 1. The normalized spacial score (nSPS) is 16.3. The Kier molecular flexibility index (Phi) is 7.85. The Hall–Kier alpha value is -2.79. The van der Waals surface area contributed by atoms with Gasteiger partial charge in [-0.05, 0) is 60.0 Å². The summed E-state index contributed by atoms with van der Waals surface area (Å²) in [6, 6.07) is 15.8. The zero-order chi connectivity index (χ0) is 25.0. The maximum absolute atomic E-state index is 13.0. The third-order valence-electron chi connectivity index (χ3n) is 4.98. The van der Waals surface area contributed by atoms with Gasteiger partial charge in [0, 0.05) is 17.1 Å². The predicted molar refractivity (Wildman–Crippen MR) is 141 cm³/mol. The van der Waals surface area contributed by atoms with Gasteiger partial charge in [-0.1, -0.05) is 41.9 Å². The van der Waals surface area contributed by atoms with Crippen LogP contribution in [0.1, 0.15) is 18.1 Å². The lowest BCUT2D eigenvalue weighted by Gasteiger charge is -2.12. The number of carbonyl (C=O) groups excluding carboxylic acids is 1. The highest BCUT2D eigenvalue weighted by atomic mass is 35.5. The molecule has 1 aliphatic rings. The lowest BCUT2D eigenvalue weighted by atomic mass is 10.1. The molecule has 0 radical (unpaired) electrons. The van der Waals surface area contributed by atoms with E-state index in [0.29, 0.717) is 27.0 Å². The number of thiophene rings is 1. The number of ether oxygens (including phenoxy) is 2. The molecule has 0 bridgehead atoms. The fourth-order valence-electron chi connectivity index (χ4n) is 3.23. The second-order valence-electron chi connectivity index (χ2n) is 7.23. The maximum Gasteiger partial charge on any atom is 0.294 e. The number of rotatable bonds is 8. The molecule has 4 rings (SSSR count). The van der Waals surface area contributed by atoms with Crippen molar-refractivity contribution in [2.75, 3.05) is 13.7 Å². The number of hydrogen-bond acceptors (Lipinski definition) is 7. The van der Waals surface area contributed by atoms with Crippen molar-refractivity contribution < 1.29 is 22.7 Å². The maximum atomic E-state index is 13.0. The molecule has 0 aliphatic carbocycles. The van der Waals surface area contributed by atoms with Crippen LogP contribution in [0.3, 0.4) is 0 Å². The average Bonchev–Trinajstić information content (AvgIpc) is 3.48. The van der Waals surface area contributed by atoms with E-state index in [1.54, 1.807) is 55.8 Å². The number of thioether (sulfide) groups is 1. The van der Waals surface area contributed by atoms with Crippen LogP contribution in [0.4, 0.5) is 0 Å². The van der Waals surface area contributed by atoms with Gasteiger partial charge >= 0.3 is 0 Å². The van der Waals surface area contributed by atoms with Gasteiger partial charge in [0.05, 0.1) is 12.0 Å². The molecule has 1 aromatic heterocycles. The minimum atomic E-state index is -3.90. The van der Waals surface area contributed by atoms with Crippen LogP contribution in [0, 0.1) is 0 Å². The standard InChI is InChI=1S/C24H21ClN2O5S3/c1-3-27-23(28)21(34-24(27)26-35(29,30)22-9-6-12-33-22)14-16-10-11-19(31-2)20(13-16)32-15-17-7-4-5-8-18(17)25/h4-14H,3,15H2,1-2H3/b21-14-,26-24+. The highest BCUT2D eigenvalue weighted by Crippen LogP contribution is 2.36. The first kappa shape index (κ1) is 25.3. The monoisotopic (exact) mass is 548 g/mol. The Balaban J connectivity index is 1.61. The number of hydrogen-bond donors (Lipinski definition) is 0. The summed E-state index contributed by atoms with van der Waals surface area (Å²) in [6.45, 7) is 2.30. The molecule has 35 heavy (non-hydrogen) atoms.